The molecule has 1 unspecified atom stereocenters. The Morgan fingerprint density at radius 3 is 2.64 bits per heavy atom. The zero-order valence-corrected chi connectivity index (χ0v) is 12.4. The Balaban J connectivity index is 1.93. The van der Waals surface area contributed by atoms with E-state index in [0.717, 1.165) is 5.56 Å². The molecule has 2 aliphatic rings. The zero-order chi connectivity index (χ0) is 15.5. The van der Waals surface area contributed by atoms with Crippen LogP contribution in [0.25, 0.3) is 0 Å². The van der Waals surface area contributed by atoms with E-state index in [2.05, 4.69) is 0 Å². The van der Waals surface area contributed by atoms with Crippen LogP contribution in [0.2, 0.25) is 0 Å². The number of Topliss-reactive ketones (excluding diaryl/α,β-unsaturated/α-hetero) is 1. The first-order valence-corrected chi connectivity index (χ1v) is 7.21. The van der Waals surface area contributed by atoms with E-state index < -0.39 is 5.54 Å². The minimum atomic E-state index is -0.847. The van der Waals surface area contributed by atoms with Gasteiger partial charge in [-0.3, -0.25) is 14.5 Å². The summed E-state index contributed by atoms with van der Waals surface area (Å²) in [6.07, 6.45) is 0.499. The molecule has 22 heavy (non-hydrogen) atoms. The van der Waals surface area contributed by atoms with Gasteiger partial charge in [0.05, 0.1) is 12.8 Å². The molecular formula is C18H15NO3. The number of amides is 1. The van der Waals surface area contributed by atoms with Crippen molar-refractivity contribution in [1.29, 1.82) is 0 Å². The van der Waals surface area contributed by atoms with Crippen LogP contribution in [0.5, 0.6) is 5.75 Å². The lowest BCUT2D eigenvalue weighted by molar-refractivity contribution is 0.0842. The van der Waals surface area contributed by atoms with Crippen molar-refractivity contribution in [2.75, 3.05) is 12.0 Å². The fourth-order valence-corrected chi connectivity index (χ4v) is 3.55. The maximum absolute atomic E-state index is 12.9. The van der Waals surface area contributed by atoms with Crippen LogP contribution in [0.1, 0.15) is 33.2 Å². The van der Waals surface area contributed by atoms with Crippen LogP contribution in [0.3, 0.4) is 0 Å². The number of ether oxygens (including phenoxy) is 1. The highest BCUT2D eigenvalue weighted by Gasteiger charge is 2.53. The molecule has 2 aliphatic heterocycles. The van der Waals surface area contributed by atoms with Crippen molar-refractivity contribution in [3.8, 4) is 5.75 Å². The first-order valence-electron chi connectivity index (χ1n) is 7.21. The molecule has 1 atom stereocenters. The second-order valence-corrected chi connectivity index (χ2v) is 5.96. The average molecular weight is 293 g/mol. The normalized spacial score (nSPS) is 22.2. The molecule has 0 aliphatic carbocycles. The molecule has 0 fully saturated rings. The minimum absolute atomic E-state index is 0.00456. The van der Waals surface area contributed by atoms with Crippen molar-refractivity contribution in [1.82, 2.24) is 0 Å². The summed E-state index contributed by atoms with van der Waals surface area (Å²) in [6.45, 7) is 1.84. The molecule has 0 aromatic heterocycles. The van der Waals surface area contributed by atoms with Gasteiger partial charge >= 0.3 is 0 Å². The molecule has 0 saturated carbocycles. The van der Waals surface area contributed by atoms with Gasteiger partial charge in [-0.05, 0) is 42.8 Å². The molecule has 2 aromatic rings. The summed E-state index contributed by atoms with van der Waals surface area (Å²) >= 11 is 0. The molecule has 4 heteroatoms. The second kappa shape index (κ2) is 4.19. The maximum Gasteiger partial charge on any atom is 0.259 e. The molecule has 2 heterocycles. The van der Waals surface area contributed by atoms with Gasteiger partial charge in [-0.2, -0.15) is 0 Å². The molecule has 1 amide bonds. The number of carbonyl (C=O) groups is 2. The van der Waals surface area contributed by atoms with Crippen molar-refractivity contribution in [3.05, 3.63) is 59.2 Å². The number of rotatable bonds is 1. The largest absolute Gasteiger partial charge is 0.497 e. The van der Waals surface area contributed by atoms with E-state index in [4.69, 9.17) is 4.74 Å². The Kier molecular flexibility index (Phi) is 2.49. The molecular weight excluding hydrogens is 278 g/mol. The lowest BCUT2D eigenvalue weighted by Gasteiger charge is -2.39. The number of fused-ring (bicyclic) bond motifs is 4. The monoisotopic (exact) mass is 293 g/mol. The number of carbonyl (C=O) groups excluding carboxylic acids is 2. The third kappa shape index (κ3) is 1.47. The van der Waals surface area contributed by atoms with E-state index in [1.54, 1.807) is 30.2 Å². The zero-order valence-electron chi connectivity index (χ0n) is 12.4. The highest BCUT2D eigenvalue weighted by Crippen LogP contribution is 2.45. The van der Waals surface area contributed by atoms with E-state index in [0.29, 0.717) is 29.0 Å². The van der Waals surface area contributed by atoms with Gasteiger partial charge in [-0.15, -0.1) is 0 Å². The highest BCUT2D eigenvalue weighted by atomic mass is 16.5. The van der Waals surface area contributed by atoms with Crippen LogP contribution in [0.15, 0.2) is 42.5 Å². The molecule has 110 valence electrons. The molecule has 4 rings (SSSR count). The fraction of sp³-hybridized carbons (Fsp3) is 0.222. The van der Waals surface area contributed by atoms with E-state index in [-0.39, 0.29) is 11.7 Å². The van der Waals surface area contributed by atoms with Crippen molar-refractivity contribution in [3.63, 3.8) is 0 Å². The van der Waals surface area contributed by atoms with Crippen molar-refractivity contribution in [2.45, 2.75) is 18.9 Å². The molecule has 0 N–H and O–H groups in total. The van der Waals surface area contributed by atoms with Crippen LogP contribution in [0, 0.1) is 0 Å². The number of hydrogen-bond donors (Lipinski definition) is 0. The van der Waals surface area contributed by atoms with Gasteiger partial charge in [0.2, 0.25) is 0 Å². The highest BCUT2D eigenvalue weighted by molar-refractivity contribution is 6.25. The summed E-state index contributed by atoms with van der Waals surface area (Å²) in [5.74, 6) is 0.584. The van der Waals surface area contributed by atoms with Crippen LogP contribution >= 0.6 is 0 Å². The molecule has 0 radical (unpaired) electrons. The van der Waals surface area contributed by atoms with Gasteiger partial charge in [-0.25, -0.2) is 0 Å². The van der Waals surface area contributed by atoms with Crippen LogP contribution in [0.4, 0.5) is 5.69 Å². The second-order valence-electron chi connectivity index (χ2n) is 5.96. The summed E-state index contributed by atoms with van der Waals surface area (Å²) < 4.78 is 5.24. The summed E-state index contributed by atoms with van der Waals surface area (Å²) in [5, 5.41) is 0. The third-order valence-corrected chi connectivity index (χ3v) is 4.65. The van der Waals surface area contributed by atoms with Gasteiger partial charge in [0.15, 0.2) is 5.78 Å². The minimum Gasteiger partial charge on any atom is -0.497 e. The number of para-hydroxylation sites is 1. The Morgan fingerprint density at radius 2 is 1.86 bits per heavy atom. The quantitative estimate of drug-likeness (QED) is 0.812. The molecule has 0 spiro atoms. The first-order chi connectivity index (χ1) is 10.6. The smallest absolute Gasteiger partial charge is 0.259 e. The summed E-state index contributed by atoms with van der Waals surface area (Å²) in [6, 6.07) is 12.7. The van der Waals surface area contributed by atoms with E-state index in [9.17, 15) is 9.59 Å². The van der Waals surface area contributed by atoms with E-state index in [1.807, 2.05) is 31.2 Å². The number of anilines is 1. The SMILES string of the molecule is COc1ccc2c(c1)CC1(C)C(=O)c3ccccc3N1C2=O. The van der Waals surface area contributed by atoms with Crippen LogP contribution in [-0.2, 0) is 6.42 Å². The molecule has 0 saturated heterocycles. The number of methoxy groups -OCH3 is 1. The summed E-state index contributed by atoms with van der Waals surface area (Å²) in [7, 11) is 1.59. The topological polar surface area (TPSA) is 46.6 Å². The summed E-state index contributed by atoms with van der Waals surface area (Å²) in [5.41, 5.74) is 1.99. The Bertz CT molecular complexity index is 827. The lowest BCUT2D eigenvalue weighted by Crippen LogP contribution is -2.55. The number of hydrogen-bond acceptors (Lipinski definition) is 3. The molecule has 2 aromatic carbocycles. The first kappa shape index (κ1) is 13.1. The lowest BCUT2D eigenvalue weighted by atomic mass is 9.82. The fourth-order valence-electron chi connectivity index (χ4n) is 3.55. The predicted octanol–water partition coefficient (Wildman–Crippen LogP) is 2.85. The number of benzene rings is 2. The van der Waals surface area contributed by atoms with Gasteiger partial charge in [0, 0.05) is 17.5 Å². The standard InChI is InChI=1S/C18H15NO3/c1-18-10-11-9-12(22-2)7-8-13(11)17(21)19(18)15-6-4-3-5-14(15)16(18)20/h3-9H,10H2,1-2H3. The van der Waals surface area contributed by atoms with Gasteiger partial charge in [0.1, 0.15) is 11.3 Å². The van der Waals surface area contributed by atoms with Crippen LogP contribution < -0.4 is 9.64 Å². The molecule has 0 bridgehead atoms. The maximum atomic E-state index is 12.9. The van der Waals surface area contributed by atoms with Crippen molar-refractivity contribution in [2.24, 2.45) is 0 Å². The summed E-state index contributed by atoms with van der Waals surface area (Å²) in [4.78, 5) is 27.4. The number of nitrogens with zero attached hydrogens (tertiary/aromatic N) is 1. The Morgan fingerprint density at radius 1 is 1.09 bits per heavy atom. The predicted molar refractivity (Wildman–Crippen MR) is 82.7 cm³/mol. The van der Waals surface area contributed by atoms with Crippen molar-refractivity contribution < 1.29 is 14.3 Å². The average Bonchev–Trinajstić information content (AvgIpc) is 2.75. The van der Waals surface area contributed by atoms with Gasteiger partial charge in [0.25, 0.3) is 5.91 Å². The van der Waals surface area contributed by atoms with E-state index >= 15 is 0 Å². The number of ketones is 1. The third-order valence-electron chi connectivity index (χ3n) is 4.65. The van der Waals surface area contributed by atoms with Crippen LogP contribution in [-0.4, -0.2) is 24.3 Å². The van der Waals surface area contributed by atoms with E-state index in [1.165, 1.54) is 0 Å². The van der Waals surface area contributed by atoms with Gasteiger partial charge in [-0.1, -0.05) is 12.1 Å². The Hall–Kier alpha value is -2.62. The van der Waals surface area contributed by atoms with Crippen molar-refractivity contribution >= 4 is 17.4 Å². The molecule has 4 nitrogen and oxygen atoms in total. The van der Waals surface area contributed by atoms with Gasteiger partial charge < -0.3 is 4.74 Å². The Labute approximate surface area is 128 Å².